The van der Waals surface area contributed by atoms with Crippen LogP contribution in [0.4, 0.5) is 10.5 Å². The molecule has 25 heavy (non-hydrogen) atoms. The van der Waals surface area contributed by atoms with Gasteiger partial charge in [0.25, 0.3) is 0 Å². The summed E-state index contributed by atoms with van der Waals surface area (Å²) in [6.07, 6.45) is 0.403. The largest absolute Gasteiger partial charge is 0.340 e. The molecule has 1 saturated heterocycles. The Morgan fingerprint density at radius 1 is 1.04 bits per heavy atom. The van der Waals surface area contributed by atoms with E-state index in [1.165, 1.54) is 0 Å². The van der Waals surface area contributed by atoms with Crippen molar-refractivity contribution < 1.29 is 9.59 Å². The lowest BCUT2D eigenvalue weighted by Gasteiger charge is -2.32. The Kier molecular flexibility index (Phi) is 6.82. The van der Waals surface area contributed by atoms with Crippen molar-refractivity contribution in [1.82, 2.24) is 15.1 Å². The average Bonchev–Trinajstić information content (AvgIpc) is 2.57. The molecule has 1 aliphatic rings. The van der Waals surface area contributed by atoms with Crippen molar-refractivity contribution in [3.8, 4) is 0 Å². The van der Waals surface area contributed by atoms with Gasteiger partial charge in [0.1, 0.15) is 0 Å². The maximum absolute atomic E-state index is 12.3. The standard InChI is InChI=1S/C19H30N4O2/c1-14(2)15(3)20-19(25)21-17-7-5-16(6-8-17)13-18(24)23-11-9-22(4)10-12-23/h5-8,14-15H,9-13H2,1-4H3,(H2,20,21,25)/t15-/m1/s1. The monoisotopic (exact) mass is 346 g/mol. The predicted octanol–water partition coefficient (Wildman–Crippen LogP) is 2.17. The molecular weight excluding hydrogens is 316 g/mol. The number of nitrogens with one attached hydrogen (secondary N) is 2. The third-order valence-electron chi connectivity index (χ3n) is 4.78. The molecule has 0 aromatic heterocycles. The van der Waals surface area contributed by atoms with Gasteiger partial charge >= 0.3 is 6.03 Å². The number of piperazine rings is 1. The van der Waals surface area contributed by atoms with Gasteiger partial charge in [0.15, 0.2) is 0 Å². The lowest BCUT2D eigenvalue weighted by Crippen LogP contribution is -2.47. The van der Waals surface area contributed by atoms with Gasteiger partial charge in [0.2, 0.25) is 5.91 Å². The van der Waals surface area contributed by atoms with Crippen LogP contribution in [0.3, 0.4) is 0 Å². The Balaban J connectivity index is 1.83. The molecule has 6 heteroatoms. The number of hydrogen-bond donors (Lipinski definition) is 2. The fourth-order valence-corrected chi connectivity index (χ4v) is 2.59. The van der Waals surface area contributed by atoms with E-state index in [-0.39, 0.29) is 18.0 Å². The zero-order chi connectivity index (χ0) is 18.4. The lowest BCUT2D eigenvalue weighted by molar-refractivity contribution is -0.132. The maximum Gasteiger partial charge on any atom is 0.319 e. The van der Waals surface area contributed by atoms with Gasteiger partial charge in [-0.05, 0) is 37.6 Å². The lowest BCUT2D eigenvalue weighted by atomic mass is 10.1. The predicted molar refractivity (Wildman–Crippen MR) is 101 cm³/mol. The van der Waals surface area contributed by atoms with Crippen LogP contribution in [-0.4, -0.2) is 61.0 Å². The minimum atomic E-state index is -0.206. The van der Waals surface area contributed by atoms with Crippen molar-refractivity contribution in [2.75, 3.05) is 38.5 Å². The normalized spacial score (nSPS) is 16.6. The van der Waals surface area contributed by atoms with Gasteiger partial charge in [-0.1, -0.05) is 26.0 Å². The third kappa shape index (κ3) is 6.05. The molecule has 0 unspecified atom stereocenters. The Morgan fingerprint density at radius 3 is 2.20 bits per heavy atom. The highest BCUT2D eigenvalue weighted by atomic mass is 16.2. The number of nitrogens with zero attached hydrogens (tertiary/aromatic N) is 2. The molecule has 6 nitrogen and oxygen atoms in total. The van der Waals surface area contributed by atoms with E-state index in [1.54, 1.807) is 0 Å². The number of likely N-dealkylation sites (N-methyl/N-ethyl adjacent to an activating group) is 1. The summed E-state index contributed by atoms with van der Waals surface area (Å²) in [5.41, 5.74) is 1.69. The molecule has 2 N–H and O–H groups in total. The van der Waals surface area contributed by atoms with E-state index in [4.69, 9.17) is 0 Å². The van der Waals surface area contributed by atoms with E-state index in [9.17, 15) is 9.59 Å². The average molecular weight is 346 g/mol. The molecule has 1 fully saturated rings. The molecule has 0 aliphatic carbocycles. The number of benzene rings is 1. The van der Waals surface area contributed by atoms with Crippen LogP contribution in [0.5, 0.6) is 0 Å². The molecular formula is C19H30N4O2. The Hall–Kier alpha value is -2.08. The van der Waals surface area contributed by atoms with E-state index in [2.05, 4.69) is 36.4 Å². The first-order chi connectivity index (χ1) is 11.8. The number of hydrogen-bond acceptors (Lipinski definition) is 3. The minimum absolute atomic E-state index is 0.112. The summed E-state index contributed by atoms with van der Waals surface area (Å²) in [5.74, 6) is 0.547. The number of urea groups is 1. The third-order valence-corrected chi connectivity index (χ3v) is 4.78. The van der Waals surface area contributed by atoms with Gasteiger partial charge in [-0.3, -0.25) is 4.79 Å². The van der Waals surface area contributed by atoms with Crippen LogP contribution in [0.1, 0.15) is 26.3 Å². The second kappa shape index (κ2) is 8.85. The van der Waals surface area contributed by atoms with Gasteiger partial charge in [-0.25, -0.2) is 4.79 Å². The van der Waals surface area contributed by atoms with E-state index in [0.29, 0.717) is 12.3 Å². The van der Waals surface area contributed by atoms with E-state index in [1.807, 2.05) is 36.1 Å². The summed E-state index contributed by atoms with van der Waals surface area (Å²) < 4.78 is 0. The van der Waals surface area contributed by atoms with Crippen molar-refractivity contribution in [2.45, 2.75) is 33.2 Å². The van der Waals surface area contributed by atoms with Crippen molar-refractivity contribution >= 4 is 17.6 Å². The van der Waals surface area contributed by atoms with Gasteiger partial charge in [-0.15, -0.1) is 0 Å². The molecule has 3 amide bonds. The smallest absolute Gasteiger partial charge is 0.319 e. The van der Waals surface area contributed by atoms with Crippen molar-refractivity contribution in [3.05, 3.63) is 29.8 Å². The molecule has 0 radical (unpaired) electrons. The summed E-state index contributed by atoms with van der Waals surface area (Å²) in [6.45, 7) is 9.56. The van der Waals surface area contributed by atoms with Crippen molar-refractivity contribution in [1.29, 1.82) is 0 Å². The molecule has 1 aliphatic heterocycles. The first-order valence-electron chi connectivity index (χ1n) is 8.98. The SMILES string of the molecule is CC(C)[C@@H](C)NC(=O)Nc1ccc(CC(=O)N2CCN(C)CC2)cc1. The zero-order valence-corrected chi connectivity index (χ0v) is 15.7. The quantitative estimate of drug-likeness (QED) is 0.859. The van der Waals surface area contributed by atoms with Gasteiger partial charge in [0, 0.05) is 37.9 Å². The first kappa shape index (κ1) is 19.2. The number of rotatable bonds is 5. The number of carbonyl (C=O) groups excluding carboxylic acids is 2. The number of anilines is 1. The van der Waals surface area contributed by atoms with Crippen molar-refractivity contribution in [3.63, 3.8) is 0 Å². The fourth-order valence-electron chi connectivity index (χ4n) is 2.59. The number of amides is 3. The van der Waals surface area contributed by atoms with Crippen LogP contribution < -0.4 is 10.6 Å². The van der Waals surface area contributed by atoms with Crippen LogP contribution in [0.2, 0.25) is 0 Å². The zero-order valence-electron chi connectivity index (χ0n) is 15.7. The summed E-state index contributed by atoms with van der Waals surface area (Å²) in [5, 5.41) is 5.73. The fraction of sp³-hybridized carbons (Fsp3) is 0.579. The number of carbonyl (C=O) groups is 2. The van der Waals surface area contributed by atoms with Crippen LogP contribution in [0.15, 0.2) is 24.3 Å². The van der Waals surface area contributed by atoms with Gasteiger partial charge in [-0.2, -0.15) is 0 Å². The summed E-state index contributed by atoms with van der Waals surface area (Å²) in [4.78, 5) is 28.4. The molecule has 0 bridgehead atoms. The molecule has 1 atom stereocenters. The molecule has 1 heterocycles. The second-order valence-corrected chi connectivity index (χ2v) is 7.19. The highest BCUT2D eigenvalue weighted by Crippen LogP contribution is 2.12. The van der Waals surface area contributed by atoms with Crippen molar-refractivity contribution in [2.24, 2.45) is 5.92 Å². The Labute approximate surface area is 150 Å². The highest BCUT2D eigenvalue weighted by molar-refractivity contribution is 5.89. The minimum Gasteiger partial charge on any atom is -0.340 e. The molecule has 1 aromatic carbocycles. The van der Waals surface area contributed by atoms with E-state index < -0.39 is 0 Å². The Morgan fingerprint density at radius 2 is 1.64 bits per heavy atom. The van der Waals surface area contributed by atoms with Crippen LogP contribution in [0, 0.1) is 5.92 Å². The summed E-state index contributed by atoms with van der Waals surface area (Å²) in [6, 6.07) is 7.38. The maximum atomic E-state index is 12.3. The van der Waals surface area contributed by atoms with Crippen LogP contribution in [-0.2, 0) is 11.2 Å². The van der Waals surface area contributed by atoms with Gasteiger partial charge in [0.05, 0.1) is 6.42 Å². The summed E-state index contributed by atoms with van der Waals surface area (Å²) in [7, 11) is 2.08. The van der Waals surface area contributed by atoms with E-state index in [0.717, 1.165) is 37.4 Å². The molecule has 2 rings (SSSR count). The second-order valence-electron chi connectivity index (χ2n) is 7.19. The molecule has 0 saturated carbocycles. The highest BCUT2D eigenvalue weighted by Gasteiger charge is 2.19. The van der Waals surface area contributed by atoms with Gasteiger partial charge < -0.3 is 20.4 Å². The van der Waals surface area contributed by atoms with E-state index >= 15 is 0 Å². The molecule has 138 valence electrons. The first-order valence-corrected chi connectivity index (χ1v) is 8.98. The van der Waals surface area contributed by atoms with Crippen LogP contribution in [0.25, 0.3) is 0 Å². The molecule has 0 spiro atoms. The molecule has 1 aromatic rings. The van der Waals surface area contributed by atoms with Crippen LogP contribution >= 0.6 is 0 Å². The Bertz CT molecular complexity index is 578. The summed E-state index contributed by atoms with van der Waals surface area (Å²) >= 11 is 0. The topological polar surface area (TPSA) is 64.7 Å².